The van der Waals surface area contributed by atoms with Crippen molar-refractivity contribution in [3.8, 4) is 28.7 Å². The molecular formula is C15H10Na2O10S. The van der Waals surface area contributed by atoms with Gasteiger partial charge in [0.2, 0.25) is 11.6 Å². The second-order valence-electron chi connectivity index (χ2n) is 5.26. The number of rotatable bonds is 3. The van der Waals surface area contributed by atoms with Crippen LogP contribution in [0.25, 0.3) is 0 Å². The fourth-order valence-electron chi connectivity index (χ4n) is 2.45. The van der Waals surface area contributed by atoms with Gasteiger partial charge in [0.15, 0.2) is 11.9 Å². The van der Waals surface area contributed by atoms with Crippen molar-refractivity contribution in [1.82, 2.24) is 0 Å². The molecule has 1 aliphatic rings. The summed E-state index contributed by atoms with van der Waals surface area (Å²) in [5, 5.41) is 29.1. The van der Waals surface area contributed by atoms with Crippen LogP contribution < -0.4 is 8.92 Å². The molecule has 0 saturated heterocycles. The molecule has 0 saturated carbocycles. The molecule has 0 fully saturated rings. The van der Waals surface area contributed by atoms with E-state index in [0.29, 0.717) is 6.07 Å². The van der Waals surface area contributed by atoms with E-state index in [1.54, 1.807) is 0 Å². The SMILES string of the molecule is O=C1C(=O)C(c2ccc(O)cc2O)Oc2cc(OS(=O)(=O)O)cc(O)c21.[Na].[Na]. The number of ketones is 2. The van der Waals surface area contributed by atoms with E-state index >= 15 is 0 Å². The first-order valence-corrected chi connectivity index (χ1v) is 8.24. The third-order valence-electron chi connectivity index (χ3n) is 3.49. The van der Waals surface area contributed by atoms with E-state index < -0.39 is 56.6 Å². The Kier molecular flexibility index (Phi) is 7.96. The van der Waals surface area contributed by atoms with E-state index in [1.807, 2.05) is 0 Å². The number of aromatic hydroxyl groups is 3. The molecule has 0 spiro atoms. The van der Waals surface area contributed by atoms with Crippen LogP contribution in [0, 0.1) is 0 Å². The summed E-state index contributed by atoms with van der Waals surface area (Å²) in [7, 11) is -4.91. The smallest absolute Gasteiger partial charge is 0.446 e. The van der Waals surface area contributed by atoms with Gasteiger partial charge in [-0.25, -0.2) is 0 Å². The van der Waals surface area contributed by atoms with E-state index in [9.17, 15) is 33.3 Å². The molecule has 0 amide bonds. The molecule has 1 heterocycles. The van der Waals surface area contributed by atoms with Crippen molar-refractivity contribution in [3.05, 3.63) is 41.5 Å². The molecule has 1 atom stereocenters. The maximum absolute atomic E-state index is 12.3. The Labute approximate surface area is 202 Å². The topological polar surface area (TPSA) is 168 Å². The van der Waals surface area contributed by atoms with Crippen LogP contribution in [-0.2, 0) is 15.2 Å². The van der Waals surface area contributed by atoms with Gasteiger partial charge in [0.05, 0.1) is 0 Å². The van der Waals surface area contributed by atoms with Gasteiger partial charge in [0, 0.05) is 82.9 Å². The molecule has 0 bridgehead atoms. The van der Waals surface area contributed by atoms with E-state index in [0.717, 1.165) is 24.3 Å². The van der Waals surface area contributed by atoms with Crippen molar-refractivity contribution in [2.75, 3.05) is 0 Å². The molecule has 138 valence electrons. The summed E-state index contributed by atoms with van der Waals surface area (Å²) in [6, 6.07) is 4.82. The van der Waals surface area contributed by atoms with Crippen molar-refractivity contribution in [1.29, 1.82) is 0 Å². The third-order valence-corrected chi connectivity index (χ3v) is 3.89. The molecule has 1 unspecified atom stereocenters. The Hall–Kier alpha value is -1.31. The Morgan fingerprint density at radius 1 is 0.964 bits per heavy atom. The van der Waals surface area contributed by atoms with E-state index in [-0.39, 0.29) is 70.4 Å². The number of fused-ring (bicyclic) bond motifs is 1. The predicted octanol–water partition coefficient (Wildman–Crippen LogP) is 0.109. The van der Waals surface area contributed by atoms with Gasteiger partial charge in [-0.05, 0) is 12.1 Å². The summed E-state index contributed by atoms with van der Waals surface area (Å²) in [6.07, 6.45) is -1.60. The van der Waals surface area contributed by atoms with Gasteiger partial charge < -0.3 is 24.2 Å². The predicted molar refractivity (Wildman–Crippen MR) is 94.3 cm³/mol. The van der Waals surface area contributed by atoms with E-state index in [2.05, 4.69) is 4.18 Å². The van der Waals surface area contributed by atoms with Crippen LogP contribution in [0.5, 0.6) is 28.7 Å². The summed E-state index contributed by atoms with van der Waals surface area (Å²) in [5.41, 5.74) is -0.653. The first-order chi connectivity index (χ1) is 12.1. The Morgan fingerprint density at radius 3 is 2.18 bits per heavy atom. The van der Waals surface area contributed by atoms with Gasteiger partial charge in [-0.3, -0.25) is 14.1 Å². The summed E-state index contributed by atoms with van der Waals surface area (Å²) < 4.78 is 39.8. The fourth-order valence-corrected chi connectivity index (χ4v) is 2.79. The summed E-state index contributed by atoms with van der Waals surface area (Å²) >= 11 is 0. The number of hydrogen-bond acceptors (Lipinski definition) is 9. The van der Waals surface area contributed by atoms with Crippen molar-refractivity contribution in [3.63, 3.8) is 0 Å². The summed E-state index contributed by atoms with van der Waals surface area (Å²) in [5.74, 6) is -4.81. The molecule has 28 heavy (non-hydrogen) atoms. The van der Waals surface area contributed by atoms with Crippen LogP contribution in [0.3, 0.4) is 0 Å². The van der Waals surface area contributed by atoms with Crippen LogP contribution in [0.2, 0.25) is 0 Å². The normalized spacial score (nSPS) is 15.5. The molecular weight excluding hydrogens is 418 g/mol. The third kappa shape index (κ3) is 4.99. The number of phenolic OH excluding ortho intramolecular Hbond substituents is 3. The van der Waals surface area contributed by atoms with E-state index in [1.165, 1.54) is 0 Å². The number of carbonyl (C=O) groups is 2. The standard InChI is InChI=1S/C15H10O10S.2Na/c16-6-1-2-8(9(17)3-6)15-14(20)13(19)12-10(18)4-7(5-11(12)24-15)25-26(21,22)23;;/h1-5,15-18H,(H,21,22,23);;. The minimum Gasteiger partial charge on any atom is -0.508 e. The summed E-state index contributed by atoms with van der Waals surface area (Å²) in [4.78, 5) is 24.5. The maximum Gasteiger partial charge on any atom is 0.446 e. The number of hydrogen-bond donors (Lipinski definition) is 4. The molecule has 2 radical (unpaired) electrons. The first-order valence-electron chi connectivity index (χ1n) is 6.88. The van der Waals surface area contributed by atoms with Crippen LogP contribution >= 0.6 is 0 Å². The van der Waals surface area contributed by atoms with Crippen LogP contribution in [0.1, 0.15) is 22.0 Å². The average Bonchev–Trinajstić information content (AvgIpc) is 2.49. The minimum absolute atomic E-state index is 0. The monoisotopic (exact) mass is 428 g/mol. The zero-order valence-corrected chi connectivity index (χ0v) is 19.4. The van der Waals surface area contributed by atoms with Gasteiger partial charge in [-0.15, -0.1) is 0 Å². The molecule has 3 rings (SSSR count). The van der Waals surface area contributed by atoms with Crippen LogP contribution in [0.4, 0.5) is 0 Å². The number of carbonyl (C=O) groups excluding carboxylic acids is 2. The van der Waals surface area contributed by atoms with Gasteiger partial charge in [0.25, 0.3) is 0 Å². The van der Waals surface area contributed by atoms with Crippen molar-refractivity contribution < 1.29 is 46.8 Å². The van der Waals surface area contributed by atoms with Crippen molar-refractivity contribution in [2.24, 2.45) is 0 Å². The molecule has 0 aliphatic carbocycles. The second kappa shape index (κ2) is 9.01. The largest absolute Gasteiger partial charge is 0.508 e. The second-order valence-corrected chi connectivity index (χ2v) is 6.28. The molecule has 0 aromatic heterocycles. The Bertz CT molecular complexity index is 1050. The minimum atomic E-state index is -4.91. The maximum atomic E-state index is 12.3. The molecule has 2 aromatic carbocycles. The zero-order chi connectivity index (χ0) is 19.2. The first kappa shape index (κ1) is 24.7. The average molecular weight is 428 g/mol. The van der Waals surface area contributed by atoms with E-state index in [4.69, 9.17) is 9.29 Å². The quantitative estimate of drug-likeness (QED) is 0.299. The molecule has 13 heteroatoms. The van der Waals surface area contributed by atoms with Crippen LogP contribution in [-0.4, -0.2) is 99.0 Å². The number of benzene rings is 2. The van der Waals surface area contributed by atoms with Gasteiger partial charge in [-0.2, -0.15) is 8.42 Å². The molecule has 2 aromatic rings. The summed E-state index contributed by atoms with van der Waals surface area (Å²) in [6.45, 7) is 0. The molecule has 4 N–H and O–H groups in total. The fraction of sp³-hybridized carbons (Fsp3) is 0.0667. The number of phenols is 3. The molecule has 10 nitrogen and oxygen atoms in total. The van der Waals surface area contributed by atoms with Crippen molar-refractivity contribution >= 4 is 81.1 Å². The van der Waals surface area contributed by atoms with Gasteiger partial charge in [0.1, 0.15) is 28.6 Å². The Balaban J connectivity index is 0.00000196. The van der Waals surface area contributed by atoms with Crippen LogP contribution in [0.15, 0.2) is 30.3 Å². The number of Topliss-reactive ketones (excluding diaryl/α,β-unsaturated/α-hetero) is 2. The number of ether oxygens (including phenoxy) is 1. The van der Waals surface area contributed by atoms with Crippen molar-refractivity contribution in [2.45, 2.75) is 6.10 Å². The van der Waals surface area contributed by atoms with Gasteiger partial charge in [-0.1, -0.05) is 0 Å². The Morgan fingerprint density at radius 2 is 1.61 bits per heavy atom. The zero-order valence-electron chi connectivity index (χ0n) is 14.6. The molecule has 1 aliphatic heterocycles. The van der Waals surface area contributed by atoms with Gasteiger partial charge >= 0.3 is 10.4 Å².